The number of nitrogens with two attached hydrogens (primary N) is 1. The van der Waals surface area contributed by atoms with Crippen molar-refractivity contribution in [2.75, 3.05) is 0 Å². The average Bonchev–Trinajstić information content (AvgIpc) is 2.46. The number of phenolic OH excluding ortho intramolecular Hbond substituents is 1. The lowest BCUT2D eigenvalue weighted by molar-refractivity contribution is 0.0886. The average molecular weight is 289 g/mol. The Bertz CT molecular complexity index is 523. The summed E-state index contributed by atoms with van der Waals surface area (Å²) in [7, 11) is 0. The molecule has 0 aliphatic heterocycles. The molecule has 1 aromatic rings. The zero-order chi connectivity index (χ0) is 15.6. The van der Waals surface area contributed by atoms with Gasteiger partial charge in [-0.25, -0.2) is 0 Å². The highest BCUT2D eigenvalue weighted by atomic mass is 16.3. The van der Waals surface area contributed by atoms with Gasteiger partial charge in [0.15, 0.2) is 5.78 Å². The second kappa shape index (κ2) is 6.18. The Kier molecular flexibility index (Phi) is 4.72. The van der Waals surface area contributed by atoms with Crippen molar-refractivity contribution in [1.82, 2.24) is 0 Å². The molecular formula is C18H27NO2. The van der Waals surface area contributed by atoms with E-state index in [1.165, 1.54) is 6.42 Å². The molecule has 0 amide bonds. The highest BCUT2D eigenvalue weighted by Gasteiger charge is 2.27. The topological polar surface area (TPSA) is 63.3 Å². The largest absolute Gasteiger partial charge is 0.507 e. The van der Waals surface area contributed by atoms with Crippen molar-refractivity contribution < 1.29 is 9.90 Å². The molecule has 3 N–H and O–H groups in total. The lowest BCUT2D eigenvalue weighted by Gasteiger charge is -2.24. The smallest absolute Gasteiger partial charge is 0.169 e. The second-order valence-electron chi connectivity index (χ2n) is 7.18. The Hall–Kier alpha value is -1.35. The zero-order valence-electron chi connectivity index (χ0n) is 13.4. The van der Waals surface area contributed by atoms with Crippen LogP contribution in [-0.2, 0) is 12.0 Å². The monoisotopic (exact) mass is 289 g/mol. The molecule has 0 bridgehead atoms. The summed E-state index contributed by atoms with van der Waals surface area (Å²) in [6.07, 6.45) is 5.32. The summed E-state index contributed by atoms with van der Waals surface area (Å²) in [6, 6.07) is 3.79. The summed E-state index contributed by atoms with van der Waals surface area (Å²) in [5.74, 6) is 0.236. The van der Waals surface area contributed by atoms with E-state index < -0.39 is 0 Å². The first-order valence-electron chi connectivity index (χ1n) is 7.95. The number of carbonyl (C=O) groups excluding carboxylic acids is 1. The second-order valence-corrected chi connectivity index (χ2v) is 7.18. The molecule has 1 aliphatic rings. The first-order valence-corrected chi connectivity index (χ1v) is 7.95. The van der Waals surface area contributed by atoms with E-state index in [0.29, 0.717) is 11.1 Å². The van der Waals surface area contributed by atoms with Gasteiger partial charge in [0.1, 0.15) is 5.75 Å². The summed E-state index contributed by atoms with van der Waals surface area (Å²) in [6.45, 7) is 6.57. The summed E-state index contributed by atoms with van der Waals surface area (Å²) < 4.78 is 0. The van der Waals surface area contributed by atoms with Crippen molar-refractivity contribution in [1.29, 1.82) is 0 Å². The molecule has 0 radical (unpaired) electrons. The van der Waals surface area contributed by atoms with Gasteiger partial charge in [-0.15, -0.1) is 0 Å². The van der Waals surface area contributed by atoms with Crippen LogP contribution in [0, 0.1) is 5.92 Å². The highest BCUT2D eigenvalue weighted by molar-refractivity contribution is 6.00. The molecule has 0 aromatic heterocycles. The van der Waals surface area contributed by atoms with Gasteiger partial charge in [-0.1, -0.05) is 46.1 Å². The first-order chi connectivity index (χ1) is 9.84. The van der Waals surface area contributed by atoms with Gasteiger partial charge < -0.3 is 10.8 Å². The molecule has 0 unspecified atom stereocenters. The molecule has 1 aromatic carbocycles. The van der Waals surface area contributed by atoms with E-state index in [2.05, 4.69) is 20.8 Å². The van der Waals surface area contributed by atoms with Crippen LogP contribution < -0.4 is 5.73 Å². The minimum atomic E-state index is -0.0702. The van der Waals surface area contributed by atoms with Crippen molar-refractivity contribution in [2.45, 2.75) is 64.8 Å². The van der Waals surface area contributed by atoms with Crippen LogP contribution in [0.3, 0.4) is 0 Å². The van der Waals surface area contributed by atoms with Gasteiger partial charge in [-0.2, -0.15) is 0 Å². The molecule has 116 valence electrons. The van der Waals surface area contributed by atoms with Crippen molar-refractivity contribution in [2.24, 2.45) is 11.7 Å². The van der Waals surface area contributed by atoms with Crippen LogP contribution in [0.5, 0.6) is 5.75 Å². The summed E-state index contributed by atoms with van der Waals surface area (Å²) in [4.78, 5) is 12.8. The minimum absolute atomic E-state index is 0.0606. The van der Waals surface area contributed by atoms with Crippen molar-refractivity contribution in [3.8, 4) is 5.75 Å². The van der Waals surface area contributed by atoms with Crippen LogP contribution in [0.2, 0.25) is 0 Å². The summed E-state index contributed by atoms with van der Waals surface area (Å²) in [5, 5.41) is 10.4. The predicted molar refractivity (Wildman–Crippen MR) is 85.6 cm³/mol. The molecule has 3 heteroatoms. The summed E-state index contributed by atoms with van der Waals surface area (Å²) >= 11 is 0. The third-order valence-corrected chi connectivity index (χ3v) is 4.52. The van der Waals surface area contributed by atoms with Crippen molar-refractivity contribution in [3.05, 3.63) is 28.8 Å². The normalized spacial score (nSPS) is 17.0. The predicted octanol–water partition coefficient (Wildman–Crippen LogP) is 3.91. The van der Waals surface area contributed by atoms with Crippen molar-refractivity contribution in [3.63, 3.8) is 0 Å². The van der Waals surface area contributed by atoms with Gasteiger partial charge in [-0.3, -0.25) is 4.79 Å². The van der Waals surface area contributed by atoms with Crippen LogP contribution in [0.25, 0.3) is 0 Å². The number of hydrogen-bond donors (Lipinski definition) is 2. The van der Waals surface area contributed by atoms with Crippen LogP contribution in [-0.4, -0.2) is 10.9 Å². The van der Waals surface area contributed by atoms with E-state index in [4.69, 9.17) is 5.73 Å². The van der Waals surface area contributed by atoms with Crippen LogP contribution in [0.1, 0.15) is 74.4 Å². The highest BCUT2D eigenvalue weighted by Crippen LogP contribution is 2.35. The van der Waals surface area contributed by atoms with Gasteiger partial charge in [0, 0.05) is 18.0 Å². The number of aromatic hydroxyl groups is 1. The Balaban J connectivity index is 2.43. The van der Waals surface area contributed by atoms with E-state index in [1.54, 1.807) is 0 Å². The molecule has 1 saturated carbocycles. The molecule has 0 saturated heterocycles. The summed E-state index contributed by atoms with van der Waals surface area (Å²) in [5.41, 5.74) is 7.86. The Morgan fingerprint density at radius 1 is 1.24 bits per heavy atom. The molecule has 3 nitrogen and oxygen atoms in total. The maximum Gasteiger partial charge on any atom is 0.169 e. The van der Waals surface area contributed by atoms with Crippen LogP contribution >= 0.6 is 0 Å². The van der Waals surface area contributed by atoms with Gasteiger partial charge in [0.2, 0.25) is 0 Å². The number of phenols is 1. The third kappa shape index (κ3) is 3.46. The Morgan fingerprint density at radius 2 is 1.86 bits per heavy atom. The van der Waals surface area contributed by atoms with Gasteiger partial charge in [-0.05, 0) is 29.9 Å². The number of ketones is 1. The van der Waals surface area contributed by atoms with E-state index in [0.717, 1.165) is 31.2 Å². The molecule has 0 atom stereocenters. The number of rotatable bonds is 3. The fourth-order valence-electron chi connectivity index (χ4n) is 3.06. The zero-order valence-corrected chi connectivity index (χ0v) is 13.4. The Morgan fingerprint density at radius 3 is 2.38 bits per heavy atom. The molecule has 0 spiro atoms. The molecule has 1 aliphatic carbocycles. The van der Waals surface area contributed by atoms with Gasteiger partial charge in [0.05, 0.1) is 5.56 Å². The van der Waals surface area contributed by atoms with Gasteiger partial charge >= 0.3 is 0 Å². The fourth-order valence-corrected chi connectivity index (χ4v) is 3.06. The molecule has 2 rings (SSSR count). The molecule has 0 heterocycles. The van der Waals surface area contributed by atoms with E-state index in [1.807, 2.05) is 12.1 Å². The third-order valence-electron chi connectivity index (χ3n) is 4.52. The standard InChI is InChI=1S/C18H27NO2/c1-18(2,3)14-9-13(11-19)17(21)15(10-14)16(20)12-7-5-4-6-8-12/h9-10,12,21H,4-8,11,19H2,1-3H3. The number of hydrogen-bond acceptors (Lipinski definition) is 3. The van der Waals surface area contributed by atoms with Crippen LogP contribution in [0.15, 0.2) is 12.1 Å². The Labute approximate surface area is 127 Å². The lowest BCUT2D eigenvalue weighted by atomic mass is 9.80. The fraction of sp³-hybridized carbons (Fsp3) is 0.611. The van der Waals surface area contributed by atoms with E-state index in [-0.39, 0.29) is 29.4 Å². The maximum absolute atomic E-state index is 12.8. The number of carbonyl (C=O) groups is 1. The maximum atomic E-state index is 12.8. The molecule has 1 fully saturated rings. The van der Waals surface area contributed by atoms with Crippen molar-refractivity contribution >= 4 is 5.78 Å². The van der Waals surface area contributed by atoms with Crippen LogP contribution in [0.4, 0.5) is 0 Å². The SMILES string of the molecule is CC(C)(C)c1cc(CN)c(O)c(C(=O)C2CCCCC2)c1. The quantitative estimate of drug-likeness (QED) is 0.829. The molecule has 21 heavy (non-hydrogen) atoms. The van der Waals surface area contributed by atoms with E-state index >= 15 is 0 Å². The number of benzene rings is 1. The molecular weight excluding hydrogens is 262 g/mol. The van der Waals surface area contributed by atoms with Gasteiger partial charge in [0.25, 0.3) is 0 Å². The number of Topliss-reactive ketones (excluding diaryl/α,β-unsaturated/α-hetero) is 1. The minimum Gasteiger partial charge on any atom is -0.507 e. The first kappa shape index (κ1) is 16.0. The van der Waals surface area contributed by atoms with E-state index in [9.17, 15) is 9.90 Å². The lowest BCUT2D eigenvalue weighted by Crippen LogP contribution is -2.20.